The van der Waals surface area contributed by atoms with E-state index in [1.165, 1.54) is 5.56 Å². The molecule has 0 aromatic heterocycles. The Kier molecular flexibility index (Phi) is 6.81. The molecule has 26 heavy (non-hydrogen) atoms. The van der Waals surface area contributed by atoms with Crippen molar-refractivity contribution in [1.29, 1.82) is 0 Å². The van der Waals surface area contributed by atoms with Crippen LogP contribution >= 0.6 is 0 Å². The molecule has 0 aliphatic carbocycles. The van der Waals surface area contributed by atoms with E-state index < -0.39 is 0 Å². The molecule has 1 aliphatic heterocycles. The molecular weight excluding hydrogens is 324 g/mol. The fraction of sp³-hybridized carbons (Fsp3) is 0.409. The van der Waals surface area contributed by atoms with Crippen LogP contribution in [0, 0.1) is 0 Å². The molecule has 2 aromatic carbocycles. The van der Waals surface area contributed by atoms with Crippen LogP contribution in [0.25, 0.3) is 0 Å². The first-order valence-corrected chi connectivity index (χ1v) is 9.49. The first-order chi connectivity index (χ1) is 12.8. The normalized spacial score (nSPS) is 17.8. The van der Waals surface area contributed by atoms with Crippen molar-refractivity contribution in [2.45, 2.75) is 25.9 Å². The standard InChI is InChI=1S/C22H28N2O2/c1-2-22(25)24(20-11-7-4-8-12-20)18-21-17-23(15-16-26-21)14-13-19-9-5-3-6-10-19/h3-12,21H,2,13-18H2,1H3. The third-order valence-electron chi connectivity index (χ3n) is 4.84. The van der Waals surface area contributed by atoms with E-state index in [0.717, 1.165) is 38.3 Å². The van der Waals surface area contributed by atoms with Crippen molar-refractivity contribution >= 4 is 11.6 Å². The SMILES string of the molecule is CCC(=O)N(CC1CN(CCc2ccccc2)CCO1)c1ccccc1. The maximum atomic E-state index is 12.4. The number of nitrogens with zero attached hydrogens (tertiary/aromatic N) is 2. The van der Waals surface area contributed by atoms with Crippen LogP contribution in [0.5, 0.6) is 0 Å². The van der Waals surface area contributed by atoms with Gasteiger partial charge >= 0.3 is 0 Å². The highest BCUT2D eigenvalue weighted by Crippen LogP contribution is 2.17. The monoisotopic (exact) mass is 352 g/mol. The second-order valence-electron chi connectivity index (χ2n) is 6.72. The summed E-state index contributed by atoms with van der Waals surface area (Å²) in [6.45, 7) is 6.09. The summed E-state index contributed by atoms with van der Waals surface area (Å²) < 4.78 is 5.97. The second kappa shape index (κ2) is 9.51. The summed E-state index contributed by atoms with van der Waals surface area (Å²) in [7, 11) is 0. The molecule has 1 saturated heterocycles. The molecule has 1 unspecified atom stereocenters. The lowest BCUT2D eigenvalue weighted by Crippen LogP contribution is -2.49. The Bertz CT molecular complexity index is 675. The number of ether oxygens (including phenoxy) is 1. The molecular formula is C22H28N2O2. The predicted molar refractivity (Wildman–Crippen MR) is 105 cm³/mol. The van der Waals surface area contributed by atoms with E-state index in [0.29, 0.717) is 13.0 Å². The lowest BCUT2D eigenvalue weighted by Gasteiger charge is -2.35. The number of carbonyl (C=O) groups is 1. The van der Waals surface area contributed by atoms with Crippen LogP contribution in [-0.2, 0) is 16.0 Å². The first kappa shape index (κ1) is 18.6. The van der Waals surface area contributed by atoms with Crippen LogP contribution in [0.15, 0.2) is 60.7 Å². The quantitative estimate of drug-likeness (QED) is 0.766. The number of morpholine rings is 1. The molecule has 138 valence electrons. The minimum atomic E-state index is 0.0511. The number of para-hydroxylation sites is 1. The zero-order chi connectivity index (χ0) is 18.2. The van der Waals surface area contributed by atoms with Gasteiger partial charge in [0.1, 0.15) is 0 Å². The fourth-order valence-corrected chi connectivity index (χ4v) is 3.38. The Morgan fingerprint density at radius 3 is 2.50 bits per heavy atom. The highest BCUT2D eigenvalue weighted by atomic mass is 16.5. The van der Waals surface area contributed by atoms with Gasteiger partial charge in [-0.15, -0.1) is 0 Å². The van der Waals surface area contributed by atoms with Gasteiger partial charge in [0, 0.05) is 31.7 Å². The topological polar surface area (TPSA) is 32.8 Å². The highest BCUT2D eigenvalue weighted by Gasteiger charge is 2.25. The van der Waals surface area contributed by atoms with Gasteiger partial charge in [0.15, 0.2) is 0 Å². The molecule has 2 aromatic rings. The molecule has 0 spiro atoms. The van der Waals surface area contributed by atoms with E-state index in [4.69, 9.17) is 4.74 Å². The summed E-state index contributed by atoms with van der Waals surface area (Å²) in [6, 6.07) is 20.5. The second-order valence-corrected chi connectivity index (χ2v) is 6.72. The Hall–Kier alpha value is -2.17. The minimum absolute atomic E-state index is 0.0511. The summed E-state index contributed by atoms with van der Waals surface area (Å²) in [5, 5.41) is 0. The largest absolute Gasteiger partial charge is 0.374 e. The van der Waals surface area contributed by atoms with E-state index >= 15 is 0 Å². The average molecular weight is 352 g/mol. The van der Waals surface area contributed by atoms with E-state index in [9.17, 15) is 4.79 Å². The molecule has 3 rings (SSSR count). The maximum Gasteiger partial charge on any atom is 0.226 e. The molecule has 1 aliphatic rings. The van der Waals surface area contributed by atoms with Crippen molar-refractivity contribution in [1.82, 2.24) is 4.90 Å². The third kappa shape index (κ3) is 5.16. The summed E-state index contributed by atoms with van der Waals surface area (Å²) in [5.74, 6) is 0.140. The predicted octanol–water partition coefficient (Wildman–Crippen LogP) is 3.37. The maximum absolute atomic E-state index is 12.4. The van der Waals surface area contributed by atoms with Crippen molar-refractivity contribution in [3.63, 3.8) is 0 Å². The van der Waals surface area contributed by atoms with E-state index in [1.807, 2.05) is 42.2 Å². The molecule has 0 saturated carbocycles. The van der Waals surface area contributed by atoms with Crippen LogP contribution in [-0.4, -0.2) is 49.7 Å². The summed E-state index contributed by atoms with van der Waals surface area (Å²) in [5.41, 5.74) is 2.31. The minimum Gasteiger partial charge on any atom is -0.374 e. The number of carbonyl (C=O) groups excluding carboxylic acids is 1. The smallest absolute Gasteiger partial charge is 0.226 e. The van der Waals surface area contributed by atoms with Gasteiger partial charge in [0.25, 0.3) is 0 Å². The Labute approximate surface area is 156 Å². The molecule has 4 heteroatoms. The highest BCUT2D eigenvalue weighted by molar-refractivity contribution is 5.93. The zero-order valence-corrected chi connectivity index (χ0v) is 15.5. The van der Waals surface area contributed by atoms with Gasteiger partial charge in [0.2, 0.25) is 5.91 Å². The van der Waals surface area contributed by atoms with Crippen LogP contribution in [0.3, 0.4) is 0 Å². The number of hydrogen-bond acceptors (Lipinski definition) is 3. The number of anilines is 1. The summed E-state index contributed by atoms with van der Waals surface area (Å²) in [4.78, 5) is 16.7. The van der Waals surface area contributed by atoms with Gasteiger partial charge in [-0.2, -0.15) is 0 Å². The van der Waals surface area contributed by atoms with Crippen molar-refractivity contribution < 1.29 is 9.53 Å². The summed E-state index contributed by atoms with van der Waals surface area (Å²) in [6.07, 6.45) is 1.60. The van der Waals surface area contributed by atoms with Crippen LogP contribution in [0.1, 0.15) is 18.9 Å². The number of rotatable bonds is 7. The summed E-state index contributed by atoms with van der Waals surface area (Å²) >= 11 is 0. The molecule has 1 atom stereocenters. The van der Waals surface area contributed by atoms with Gasteiger partial charge in [0.05, 0.1) is 19.3 Å². The van der Waals surface area contributed by atoms with Gasteiger partial charge in [-0.05, 0) is 24.1 Å². The van der Waals surface area contributed by atoms with E-state index in [1.54, 1.807) is 0 Å². The molecule has 0 bridgehead atoms. The lowest BCUT2D eigenvalue weighted by atomic mass is 10.1. The number of benzene rings is 2. The van der Waals surface area contributed by atoms with E-state index in [-0.39, 0.29) is 12.0 Å². The molecule has 1 amide bonds. The lowest BCUT2D eigenvalue weighted by molar-refractivity contribution is -0.119. The van der Waals surface area contributed by atoms with Gasteiger partial charge < -0.3 is 9.64 Å². The van der Waals surface area contributed by atoms with Gasteiger partial charge in [-0.3, -0.25) is 9.69 Å². The molecule has 1 fully saturated rings. The Morgan fingerprint density at radius 2 is 1.81 bits per heavy atom. The van der Waals surface area contributed by atoms with Crippen LogP contribution in [0.2, 0.25) is 0 Å². The van der Waals surface area contributed by atoms with Crippen molar-refractivity contribution in [3.8, 4) is 0 Å². The number of amides is 1. The third-order valence-corrected chi connectivity index (χ3v) is 4.84. The van der Waals surface area contributed by atoms with E-state index in [2.05, 4.69) is 35.2 Å². The molecule has 0 N–H and O–H groups in total. The Morgan fingerprint density at radius 1 is 1.12 bits per heavy atom. The van der Waals surface area contributed by atoms with Crippen LogP contribution < -0.4 is 4.90 Å². The molecule has 4 nitrogen and oxygen atoms in total. The van der Waals surface area contributed by atoms with Gasteiger partial charge in [-0.25, -0.2) is 0 Å². The van der Waals surface area contributed by atoms with Gasteiger partial charge in [-0.1, -0.05) is 55.5 Å². The number of hydrogen-bond donors (Lipinski definition) is 0. The van der Waals surface area contributed by atoms with Crippen LogP contribution in [0.4, 0.5) is 5.69 Å². The zero-order valence-electron chi connectivity index (χ0n) is 15.5. The molecule has 0 radical (unpaired) electrons. The average Bonchev–Trinajstić information content (AvgIpc) is 2.72. The first-order valence-electron chi connectivity index (χ1n) is 9.49. The van der Waals surface area contributed by atoms with Crippen molar-refractivity contribution in [3.05, 3.63) is 66.2 Å². The fourth-order valence-electron chi connectivity index (χ4n) is 3.38. The molecule has 1 heterocycles. The van der Waals surface area contributed by atoms with Crippen molar-refractivity contribution in [2.75, 3.05) is 37.7 Å². The Balaban J connectivity index is 1.58. The van der Waals surface area contributed by atoms with Crippen molar-refractivity contribution in [2.24, 2.45) is 0 Å².